The maximum absolute atomic E-state index is 13.9. The zero-order valence-electron chi connectivity index (χ0n) is 28.0. The summed E-state index contributed by atoms with van der Waals surface area (Å²) in [5.41, 5.74) is 3.13. The van der Waals surface area contributed by atoms with E-state index in [0.717, 1.165) is 27.8 Å². The molecule has 4 N–H and O–H groups in total. The molecule has 1 aliphatic heterocycles. The Morgan fingerprint density at radius 3 is 2.58 bits per heavy atom. The Morgan fingerprint density at radius 1 is 1.04 bits per heavy atom. The quantitative estimate of drug-likeness (QED) is 0.193. The number of furan rings is 1. The van der Waals surface area contributed by atoms with Gasteiger partial charge in [-0.05, 0) is 68.5 Å². The van der Waals surface area contributed by atoms with Crippen LogP contribution in [-0.4, -0.2) is 86.8 Å². The van der Waals surface area contributed by atoms with Gasteiger partial charge in [0.2, 0.25) is 17.5 Å². The maximum atomic E-state index is 13.9. The normalized spacial score (nSPS) is 21.5. The van der Waals surface area contributed by atoms with Crippen molar-refractivity contribution in [1.29, 1.82) is 0 Å². The van der Waals surface area contributed by atoms with Crippen LogP contribution in [0, 0.1) is 5.92 Å². The van der Waals surface area contributed by atoms with Crippen molar-refractivity contribution in [2.45, 2.75) is 76.4 Å². The van der Waals surface area contributed by atoms with Gasteiger partial charge in [0.1, 0.15) is 11.8 Å². The second-order valence-corrected chi connectivity index (χ2v) is 14.3. The third kappa shape index (κ3) is 8.30. The zero-order valence-corrected chi connectivity index (χ0v) is 28.0. The van der Waals surface area contributed by atoms with Crippen LogP contribution in [-0.2, 0) is 29.0 Å². The molecule has 1 aliphatic carbocycles. The third-order valence-electron chi connectivity index (χ3n) is 9.30. The van der Waals surface area contributed by atoms with Gasteiger partial charge in [-0.25, -0.2) is 4.98 Å². The Kier molecular flexibility index (Phi) is 10.3. The van der Waals surface area contributed by atoms with E-state index in [1.54, 1.807) is 6.20 Å². The highest BCUT2D eigenvalue weighted by molar-refractivity contribution is 5.83. The lowest BCUT2D eigenvalue weighted by molar-refractivity contribution is -0.132. The Labute approximate surface area is 282 Å². The van der Waals surface area contributed by atoms with E-state index in [1.807, 2.05) is 98.5 Å². The molecule has 2 amide bonds. The molecule has 2 aromatic carbocycles. The smallest absolute Gasteiger partial charge is 0.239 e. The van der Waals surface area contributed by atoms with E-state index in [4.69, 9.17) is 4.42 Å². The number of β-amino-alcohol motifs (C(OH)–C–C–N with tert-alkyl or cyclic N) is 1. The second-order valence-electron chi connectivity index (χ2n) is 14.3. The first-order valence-electron chi connectivity index (χ1n) is 16.9. The minimum atomic E-state index is -0.858. The topological polar surface area (TPSA) is 131 Å². The van der Waals surface area contributed by atoms with Crippen LogP contribution in [0.15, 0.2) is 83.4 Å². The molecule has 5 atom stereocenters. The van der Waals surface area contributed by atoms with Crippen LogP contribution in [0.25, 0.3) is 11.1 Å². The molecule has 1 saturated heterocycles. The van der Waals surface area contributed by atoms with Gasteiger partial charge in [0.25, 0.3) is 0 Å². The van der Waals surface area contributed by atoms with Crippen molar-refractivity contribution in [3.05, 3.63) is 101 Å². The molecule has 48 heavy (non-hydrogen) atoms. The van der Waals surface area contributed by atoms with Crippen LogP contribution in [0.3, 0.4) is 0 Å². The molecule has 10 nitrogen and oxygen atoms in total. The van der Waals surface area contributed by atoms with E-state index < -0.39 is 35.7 Å². The fourth-order valence-electron chi connectivity index (χ4n) is 7.04. The van der Waals surface area contributed by atoms with E-state index in [-0.39, 0.29) is 24.8 Å². The molecule has 2 aromatic heterocycles. The Morgan fingerprint density at radius 2 is 1.81 bits per heavy atom. The van der Waals surface area contributed by atoms with Crippen LogP contribution >= 0.6 is 0 Å². The van der Waals surface area contributed by atoms with Crippen LogP contribution in [0.5, 0.6) is 0 Å². The number of carbonyl (C=O) groups is 2. The van der Waals surface area contributed by atoms with Gasteiger partial charge in [0.05, 0.1) is 24.8 Å². The minimum Gasteiger partial charge on any atom is -0.441 e. The molecule has 0 saturated carbocycles. The maximum Gasteiger partial charge on any atom is 0.239 e. The zero-order chi connectivity index (χ0) is 33.8. The molecule has 0 unspecified atom stereocenters. The van der Waals surface area contributed by atoms with Crippen LogP contribution < -0.4 is 10.6 Å². The van der Waals surface area contributed by atoms with Crippen LogP contribution in [0.2, 0.25) is 0 Å². The van der Waals surface area contributed by atoms with E-state index in [9.17, 15) is 19.8 Å². The van der Waals surface area contributed by atoms with E-state index in [2.05, 4.69) is 20.5 Å². The number of fused-ring (bicyclic) bond motifs is 2. The lowest BCUT2D eigenvalue weighted by Gasteiger charge is -2.42. The average Bonchev–Trinajstić information content (AvgIpc) is 3.60. The number of rotatable bonds is 11. The Balaban J connectivity index is 1.15. The molecular weight excluding hydrogens is 606 g/mol. The van der Waals surface area contributed by atoms with Crippen molar-refractivity contribution < 1.29 is 24.2 Å². The third-order valence-corrected chi connectivity index (χ3v) is 9.30. The standard InChI is InChI=1S/C38H47N5O5/c1-38(2,3)41-36(47)32-24-42(23-30-20-27-13-9-15-39-37(27)48-30)16-17-43(32)22-29(44)19-28(18-25-10-5-4-6-11-25)35(46)40-34-31-14-8-7-12-26(31)21-33(34)45/h4-15,20,28-29,32-34,44-45H,16-19,21-24H2,1-3H3,(H,40,46)(H,41,47)/t28-,29+,32+,33-,34+/m1/s1. The SMILES string of the molecule is CC(C)(C)NC(=O)[C@@H]1CN(Cc2cc3cccnc3o2)CCN1C[C@@H](O)C[C@@H](Cc1ccccc1)C(=O)N[C@H]1c2ccccc2C[C@H]1O. The van der Waals surface area contributed by atoms with Crippen molar-refractivity contribution in [2.24, 2.45) is 5.92 Å². The first-order chi connectivity index (χ1) is 23.0. The summed E-state index contributed by atoms with van der Waals surface area (Å²) < 4.78 is 5.97. The van der Waals surface area contributed by atoms with Gasteiger partial charge in [-0.1, -0.05) is 54.6 Å². The predicted octanol–water partition coefficient (Wildman–Crippen LogP) is 3.61. The number of hydrogen-bond donors (Lipinski definition) is 4. The number of benzene rings is 2. The molecule has 2 aliphatic rings. The number of amides is 2. The van der Waals surface area contributed by atoms with Gasteiger partial charge in [-0.3, -0.25) is 19.4 Å². The molecule has 3 heterocycles. The van der Waals surface area contributed by atoms with E-state index in [1.165, 1.54) is 0 Å². The van der Waals surface area contributed by atoms with Crippen molar-refractivity contribution in [3.63, 3.8) is 0 Å². The fraction of sp³-hybridized carbons (Fsp3) is 0.447. The van der Waals surface area contributed by atoms with Gasteiger partial charge in [-0.15, -0.1) is 0 Å². The molecule has 6 rings (SSSR count). The summed E-state index contributed by atoms with van der Waals surface area (Å²) in [6.07, 6.45) is 1.29. The lowest BCUT2D eigenvalue weighted by Crippen LogP contribution is -2.61. The van der Waals surface area contributed by atoms with Gasteiger partial charge < -0.3 is 25.3 Å². The highest BCUT2D eigenvalue weighted by Crippen LogP contribution is 2.32. The number of nitrogens with one attached hydrogen (secondary N) is 2. The van der Waals surface area contributed by atoms with E-state index >= 15 is 0 Å². The molecular formula is C38H47N5O5. The molecule has 0 spiro atoms. The Hall–Kier alpha value is -4.09. The van der Waals surface area contributed by atoms with Gasteiger partial charge in [0.15, 0.2) is 0 Å². The molecule has 10 heteroatoms. The summed E-state index contributed by atoms with van der Waals surface area (Å²) in [6, 6.07) is 22.4. The highest BCUT2D eigenvalue weighted by Gasteiger charge is 2.37. The van der Waals surface area contributed by atoms with Crippen LogP contribution in [0.1, 0.15) is 55.7 Å². The Bertz CT molecular complexity index is 1670. The monoisotopic (exact) mass is 653 g/mol. The van der Waals surface area contributed by atoms with Crippen LogP contribution in [0.4, 0.5) is 0 Å². The number of aliphatic hydroxyl groups is 2. The summed E-state index contributed by atoms with van der Waals surface area (Å²) in [6.45, 7) is 8.38. The summed E-state index contributed by atoms with van der Waals surface area (Å²) in [5.74, 6) is -0.0481. The van der Waals surface area contributed by atoms with E-state index in [0.29, 0.717) is 44.7 Å². The van der Waals surface area contributed by atoms with Crippen molar-refractivity contribution in [1.82, 2.24) is 25.4 Å². The largest absolute Gasteiger partial charge is 0.441 e. The van der Waals surface area contributed by atoms with Crippen molar-refractivity contribution in [2.75, 3.05) is 26.2 Å². The average molecular weight is 654 g/mol. The number of hydrogen-bond acceptors (Lipinski definition) is 8. The van der Waals surface area contributed by atoms with Gasteiger partial charge >= 0.3 is 0 Å². The fourth-order valence-corrected chi connectivity index (χ4v) is 7.04. The lowest BCUT2D eigenvalue weighted by atomic mass is 9.91. The summed E-state index contributed by atoms with van der Waals surface area (Å²) >= 11 is 0. The first-order valence-corrected chi connectivity index (χ1v) is 16.9. The first kappa shape index (κ1) is 33.8. The minimum absolute atomic E-state index is 0.0989. The highest BCUT2D eigenvalue weighted by atomic mass is 16.3. The predicted molar refractivity (Wildman–Crippen MR) is 184 cm³/mol. The molecule has 1 fully saturated rings. The number of piperazine rings is 1. The van der Waals surface area contributed by atoms with Gasteiger partial charge in [-0.2, -0.15) is 0 Å². The number of pyridine rings is 1. The number of aromatic nitrogens is 1. The summed E-state index contributed by atoms with van der Waals surface area (Å²) in [5, 5.41) is 29.5. The number of nitrogens with zero attached hydrogens (tertiary/aromatic N) is 3. The molecule has 0 bridgehead atoms. The number of aliphatic hydroxyl groups excluding tert-OH is 2. The molecule has 0 radical (unpaired) electrons. The molecule has 4 aromatic rings. The number of carbonyl (C=O) groups excluding carboxylic acids is 2. The summed E-state index contributed by atoms with van der Waals surface area (Å²) in [7, 11) is 0. The van der Waals surface area contributed by atoms with Crippen molar-refractivity contribution >= 4 is 22.9 Å². The van der Waals surface area contributed by atoms with Crippen molar-refractivity contribution in [3.8, 4) is 0 Å². The summed E-state index contributed by atoms with van der Waals surface area (Å²) in [4.78, 5) is 36.1. The molecule has 254 valence electrons. The van der Waals surface area contributed by atoms with Gasteiger partial charge in [0, 0.05) is 55.6 Å². The second kappa shape index (κ2) is 14.6.